The zero-order chi connectivity index (χ0) is 11.4. The van der Waals surface area contributed by atoms with E-state index in [4.69, 9.17) is 11.6 Å². The van der Waals surface area contributed by atoms with Crippen molar-refractivity contribution in [1.82, 2.24) is 9.78 Å². The van der Waals surface area contributed by atoms with Crippen LogP contribution in [0.3, 0.4) is 0 Å². The fraction of sp³-hybridized carbons (Fsp3) is 0.750. The highest BCUT2D eigenvalue weighted by molar-refractivity contribution is 6.17. The Morgan fingerprint density at radius 1 is 1.40 bits per heavy atom. The number of rotatable bonds is 5. The van der Waals surface area contributed by atoms with E-state index in [0.29, 0.717) is 11.8 Å². The summed E-state index contributed by atoms with van der Waals surface area (Å²) in [5, 5.41) is 4.54. The highest BCUT2D eigenvalue weighted by Crippen LogP contribution is 2.17. The van der Waals surface area contributed by atoms with Gasteiger partial charge in [-0.2, -0.15) is 5.10 Å². The average Bonchev–Trinajstić information content (AvgIpc) is 2.42. The van der Waals surface area contributed by atoms with Crippen molar-refractivity contribution < 1.29 is 0 Å². The zero-order valence-electron chi connectivity index (χ0n) is 10.2. The molecule has 1 aromatic rings. The maximum atomic E-state index is 5.90. The number of nitrogens with zero attached hydrogens (tertiary/aromatic N) is 2. The summed E-state index contributed by atoms with van der Waals surface area (Å²) in [7, 11) is 0. The predicted octanol–water partition coefficient (Wildman–Crippen LogP) is 3.67. The van der Waals surface area contributed by atoms with Crippen LogP contribution in [0.15, 0.2) is 0 Å². The molecule has 0 spiro atoms. The van der Waals surface area contributed by atoms with E-state index in [1.807, 2.05) is 6.92 Å². The van der Waals surface area contributed by atoms with Crippen LogP contribution in [0.5, 0.6) is 0 Å². The zero-order valence-corrected chi connectivity index (χ0v) is 10.9. The Balaban J connectivity index is 2.77. The lowest BCUT2D eigenvalue weighted by Crippen LogP contribution is -2.10. The Hall–Kier alpha value is -0.500. The van der Waals surface area contributed by atoms with Crippen molar-refractivity contribution in [3.63, 3.8) is 0 Å². The molecule has 3 heteroatoms. The Labute approximate surface area is 97.6 Å². The van der Waals surface area contributed by atoms with Crippen LogP contribution in [0.25, 0.3) is 0 Å². The van der Waals surface area contributed by atoms with Gasteiger partial charge in [0.15, 0.2) is 0 Å². The van der Waals surface area contributed by atoms with Gasteiger partial charge in [0, 0.05) is 17.8 Å². The molecular formula is C12H21ClN2. The van der Waals surface area contributed by atoms with Gasteiger partial charge in [-0.1, -0.05) is 20.3 Å². The summed E-state index contributed by atoms with van der Waals surface area (Å²) in [4.78, 5) is 0. The van der Waals surface area contributed by atoms with Crippen LogP contribution >= 0.6 is 11.6 Å². The number of alkyl halides is 1. The first-order valence-electron chi connectivity index (χ1n) is 5.69. The van der Waals surface area contributed by atoms with Crippen molar-refractivity contribution in [3.8, 4) is 0 Å². The normalized spacial score (nSPS) is 13.1. The standard InChI is InChI=1S/C12H21ClN2/c1-5-6-9(2)8-15-11(4)12(7-13)10(3)14-15/h9H,5-8H2,1-4H3. The summed E-state index contributed by atoms with van der Waals surface area (Å²) in [6.45, 7) is 9.65. The van der Waals surface area contributed by atoms with E-state index in [-0.39, 0.29) is 0 Å². The number of aromatic nitrogens is 2. The molecule has 2 nitrogen and oxygen atoms in total. The molecule has 1 unspecified atom stereocenters. The highest BCUT2D eigenvalue weighted by atomic mass is 35.5. The summed E-state index contributed by atoms with van der Waals surface area (Å²) in [6.07, 6.45) is 2.50. The van der Waals surface area contributed by atoms with Gasteiger partial charge in [0.2, 0.25) is 0 Å². The second kappa shape index (κ2) is 5.55. The molecule has 86 valence electrons. The smallest absolute Gasteiger partial charge is 0.0640 e. The lowest BCUT2D eigenvalue weighted by molar-refractivity contribution is 0.414. The van der Waals surface area contributed by atoms with E-state index in [9.17, 15) is 0 Å². The first-order chi connectivity index (χ1) is 7.10. The van der Waals surface area contributed by atoms with Crippen molar-refractivity contribution in [2.75, 3.05) is 0 Å². The Morgan fingerprint density at radius 2 is 2.07 bits per heavy atom. The number of halogens is 1. The molecule has 0 fully saturated rings. The molecule has 1 heterocycles. The van der Waals surface area contributed by atoms with E-state index in [1.165, 1.54) is 24.1 Å². The van der Waals surface area contributed by atoms with Gasteiger partial charge in [-0.15, -0.1) is 11.6 Å². The summed E-state index contributed by atoms with van der Waals surface area (Å²) in [6, 6.07) is 0. The molecule has 1 rings (SSSR count). The van der Waals surface area contributed by atoms with E-state index < -0.39 is 0 Å². The van der Waals surface area contributed by atoms with Crippen molar-refractivity contribution in [2.24, 2.45) is 5.92 Å². The molecule has 0 N–H and O–H groups in total. The second-order valence-electron chi connectivity index (χ2n) is 4.36. The number of hydrogen-bond acceptors (Lipinski definition) is 1. The van der Waals surface area contributed by atoms with Crippen molar-refractivity contribution >= 4 is 11.6 Å². The van der Waals surface area contributed by atoms with Crippen LogP contribution in [-0.2, 0) is 12.4 Å². The maximum absolute atomic E-state index is 5.90. The predicted molar refractivity (Wildman–Crippen MR) is 65.3 cm³/mol. The third-order valence-electron chi connectivity index (χ3n) is 2.93. The fourth-order valence-electron chi connectivity index (χ4n) is 1.98. The SMILES string of the molecule is CCCC(C)Cn1nc(C)c(CCl)c1C. The van der Waals surface area contributed by atoms with Crippen molar-refractivity contribution in [1.29, 1.82) is 0 Å². The van der Waals surface area contributed by atoms with Gasteiger partial charge in [-0.05, 0) is 26.2 Å². The van der Waals surface area contributed by atoms with Crippen LogP contribution in [0.1, 0.15) is 43.6 Å². The van der Waals surface area contributed by atoms with Gasteiger partial charge < -0.3 is 0 Å². The molecule has 0 bridgehead atoms. The molecule has 0 saturated heterocycles. The maximum Gasteiger partial charge on any atom is 0.0640 e. The summed E-state index contributed by atoms with van der Waals surface area (Å²) in [5.74, 6) is 1.26. The molecule has 0 aliphatic carbocycles. The first-order valence-corrected chi connectivity index (χ1v) is 6.22. The van der Waals surface area contributed by atoms with E-state index in [0.717, 1.165) is 12.2 Å². The Bertz CT molecular complexity index is 318. The molecule has 1 atom stereocenters. The third kappa shape index (κ3) is 2.97. The van der Waals surface area contributed by atoms with Gasteiger partial charge in [-0.25, -0.2) is 0 Å². The van der Waals surface area contributed by atoms with Crippen molar-refractivity contribution in [2.45, 2.75) is 53.0 Å². The van der Waals surface area contributed by atoms with E-state index >= 15 is 0 Å². The topological polar surface area (TPSA) is 17.8 Å². The van der Waals surface area contributed by atoms with Gasteiger partial charge >= 0.3 is 0 Å². The van der Waals surface area contributed by atoms with Gasteiger partial charge in [0.25, 0.3) is 0 Å². The lowest BCUT2D eigenvalue weighted by atomic mass is 10.1. The molecule has 0 aliphatic rings. The largest absolute Gasteiger partial charge is 0.269 e. The van der Waals surface area contributed by atoms with Crippen LogP contribution in [0.4, 0.5) is 0 Å². The third-order valence-corrected chi connectivity index (χ3v) is 3.20. The lowest BCUT2D eigenvalue weighted by Gasteiger charge is -2.11. The van der Waals surface area contributed by atoms with Crippen molar-refractivity contribution in [3.05, 3.63) is 17.0 Å². The Kier molecular flexibility index (Phi) is 4.65. The molecule has 1 aromatic heterocycles. The minimum atomic E-state index is 0.569. The van der Waals surface area contributed by atoms with Crippen LogP contribution in [-0.4, -0.2) is 9.78 Å². The van der Waals surface area contributed by atoms with Gasteiger partial charge in [0.05, 0.1) is 11.6 Å². The van der Waals surface area contributed by atoms with Crippen LogP contribution in [0.2, 0.25) is 0 Å². The van der Waals surface area contributed by atoms with Crippen LogP contribution < -0.4 is 0 Å². The molecule has 15 heavy (non-hydrogen) atoms. The molecule has 0 saturated carbocycles. The first kappa shape index (κ1) is 12.6. The number of hydrogen-bond donors (Lipinski definition) is 0. The van der Waals surface area contributed by atoms with E-state index in [2.05, 4.69) is 30.6 Å². The molecule has 0 aromatic carbocycles. The highest BCUT2D eigenvalue weighted by Gasteiger charge is 2.12. The summed E-state index contributed by atoms with van der Waals surface area (Å²) >= 11 is 5.90. The van der Waals surface area contributed by atoms with Gasteiger partial charge in [-0.3, -0.25) is 4.68 Å². The second-order valence-corrected chi connectivity index (χ2v) is 4.63. The van der Waals surface area contributed by atoms with Crippen LogP contribution in [0, 0.1) is 19.8 Å². The molecule has 0 radical (unpaired) electrons. The Morgan fingerprint density at radius 3 is 2.53 bits per heavy atom. The molecule has 0 aliphatic heterocycles. The minimum Gasteiger partial charge on any atom is -0.269 e. The monoisotopic (exact) mass is 228 g/mol. The number of aryl methyl sites for hydroxylation is 1. The minimum absolute atomic E-state index is 0.569. The summed E-state index contributed by atoms with van der Waals surface area (Å²) < 4.78 is 2.10. The van der Waals surface area contributed by atoms with E-state index in [1.54, 1.807) is 0 Å². The molecular weight excluding hydrogens is 208 g/mol. The molecule has 0 amide bonds. The fourth-order valence-corrected chi connectivity index (χ4v) is 2.37. The quantitative estimate of drug-likeness (QED) is 0.704. The summed E-state index contributed by atoms with van der Waals surface area (Å²) in [5.41, 5.74) is 3.50. The van der Waals surface area contributed by atoms with Gasteiger partial charge in [0.1, 0.15) is 0 Å². The average molecular weight is 229 g/mol.